The number of sulfone groups is 1. The third-order valence-electron chi connectivity index (χ3n) is 3.87. The van der Waals surface area contributed by atoms with Crippen molar-refractivity contribution in [2.75, 3.05) is 25.8 Å². The van der Waals surface area contributed by atoms with E-state index in [1.54, 1.807) is 25.3 Å². The van der Waals surface area contributed by atoms with E-state index < -0.39 is 14.8 Å². The van der Waals surface area contributed by atoms with Gasteiger partial charge in [-0.1, -0.05) is 0 Å². The summed E-state index contributed by atoms with van der Waals surface area (Å²) < 4.78 is 33.8. The summed E-state index contributed by atoms with van der Waals surface area (Å²) in [4.78, 5) is 10.6. The van der Waals surface area contributed by atoms with Gasteiger partial charge in [0.05, 0.1) is 30.1 Å². The number of benzene rings is 2. The maximum atomic E-state index is 11.6. The molecule has 9 heteroatoms. The average molecular weight is 380 g/mol. The first kappa shape index (κ1) is 19.5. The van der Waals surface area contributed by atoms with Crippen LogP contribution in [0, 0.1) is 10.1 Å². The number of nitro benzene ring substituents is 1. The highest BCUT2D eigenvalue weighted by atomic mass is 32.2. The Kier molecular flexibility index (Phi) is 5.71. The highest BCUT2D eigenvalue weighted by molar-refractivity contribution is 7.90. The minimum atomic E-state index is -3.54. The normalized spacial score (nSPS) is 12.3. The zero-order valence-corrected chi connectivity index (χ0v) is 15.7. The lowest BCUT2D eigenvalue weighted by Crippen LogP contribution is -2.10. The number of anilines is 1. The van der Waals surface area contributed by atoms with Crippen LogP contribution in [0.2, 0.25) is 0 Å². The fraction of sp³-hybridized carbons (Fsp3) is 0.294. The van der Waals surface area contributed by atoms with Crippen molar-refractivity contribution < 1.29 is 22.8 Å². The van der Waals surface area contributed by atoms with Crippen LogP contribution in [0.4, 0.5) is 11.4 Å². The second-order valence-corrected chi connectivity index (χ2v) is 7.70. The van der Waals surface area contributed by atoms with Crippen molar-refractivity contribution in [3.8, 4) is 11.5 Å². The minimum absolute atomic E-state index is 0.110. The molecular formula is C17H20N2O6S. The Morgan fingerprint density at radius 2 is 1.81 bits per heavy atom. The summed E-state index contributed by atoms with van der Waals surface area (Å²) in [6.07, 6.45) is 1.00. The monoisotopic (exact) mass is 380 g/mol. The highest BCUT2D eigenvalue weighted by Crippen LogP contribution is 2.34. The molecule has 0 radical (unpaired) electrons. The molecule has 2 rings (SSSR count). The minimum Gasteiger partial charge on any atom is -0.497 e. The lowest BCUT2D eigenvalue weighted by Gasteiger charge is -2.19. The first-order valence-electron chi connectivity index (χ1n) is 7.64. The van der Waals surface area contributed by atoms with Gasteiger partial charge in [-0.3, -0.25) is 10.1 Å². The molecule has 1 N–H and O–H groups in total. The summed E-state index contributed by atoms with van der Waals surface area (Å²) in [5, 5.41) is 14.4. The van der Waals surface area contributed by atoms with Gasteiger partial charge in [-0.2, -0.15) is 0 Å². The van der Waals surface area contributed by atoms with Crippen LogP contribution < -0.4 is 14.8 Å². The number of rotatable bonds is 7. The number of nitro groups is 1. The molecule has 1 atom stereocenters. The van der Waals surface area contributed by atoms with Gasteiger partial charge < -0.3 is 14.8 Å². The lowest BCUT2D eigenvalue weighted by atomic mass is 10.1. The number of ether oxygens (including phenoxy) is 2. The largest absolute Gasteiger partial charge is 0.497 e. The Hall–Kier alpha value is -2.81. The second-order valence-electron chi connectivity index (χ2n) is 5.68. The summed E-state index contributed by atoms with van der Waals surface area (Å²) in [7, 11) is -0.475. The highest BCUT2D eigenvalue weighted by Gasteiger charge is 2.21. The van der Waals surface area contributed by atoms with Crippen LogP contribution in [0.15, 0.2) is 41.3 Å². The molecule has 0 spiro atoms. The van der Waals surface area contributed by atoms with Gasteiger partial charge in [0, 0.05) is 17.9 Å². The smallest absolute Gasteiger partial charge is 0.293 e. The van der Waals surface area contributed by atoms with E-state index in [1.807, 2.05) is 6.92 Å². The number of hydrogen-bond donors (Lipinski definition) is 1. The molecule has 0 amide bonds. The summed E-state index contributed by atoms with van der Waals surface area (Å²) in [6.45, 7) is 1.81. The van der Waals surface area contributed by atoms with Crippen molar-refractivity contribution in [1.29, 1.82) is 0 Å². The quantitative estimate of drug-likeness (QED) is 0.580. The summed E-state index contributed by atoms with van der Waals surface area (Å²) in [6, 6.07) is 8.67. The van der Waals surface area contributed by atoms with E-state index in [0.29, 0.717) is 11.5 Å². The fourth-order valence-electron chi connectivity index (χ4n) is 2.50. The van der Waals surface area contributed by atoms with Crippen LogP contribution >= 0.6 is 0 Å². The Balaban J connectivity index is 2.43. The fourth-order valence-corrected chi connectivity index (χ4v) is 3.14. The molecule has 2 aromatic carbocycles. The van der Waals surface area contributed by atoms with Crippen molar-refractivity contribution in [3.63, 3.8) is 0 Å². The van der Waals surface area contributed by atoms with E-state index in [-0.39, 0.29) is 22.3 Å². The van der Waals surface area contributed by atoms with Crippen LogP contribution in [0.5, 0.6) is 11.5 Å². The predicted octanol–water partition coefficient (Wildman–Crippen LogP) is 3.19. The van der Waals surface area contributed by atoms with Gasteiger partial charge in [0.25, 0.3) is 5.69 Å². The van der Waals surface area contributed by atoms with E-state index in [9.17, 15) is 18.5 Å². The predicted molar refractivity (Wildman–Crippen MR) is 97.8 cm³/mol. The van der Waals surface area contributed by atoms with Crippen LogP contribution in [0.25, 0.3) is 0 Å². The molecule has 0 unspecified atom stereocenters. The van der Waals surface area contributed by atoms with Gasteiger partial charge in [0.1, 0.15) is 17.2 Å². The molecular weight excluding hydrogens is 360 g/mol. The molecule has 0 aliphatic carbocycles. The van der Waals surface area contributed by atoms with Crippen LogP contribution in [0.1, 0.15) is 18.5 Å². The van der Waals surface area contributed by atoms with Crippen molar-refractivity contribution in [1.82, 2.24) is 0 Å². The topological polar surface area (TPSA) is 108 Å². The van der Waals surface area contributed by atoms with Gasteiger partial charge in [0.2, 0.25) is 0 Å². The van der Waals surface area contributed by atoms with Crippen molar-refractivity contribution in [2.45, 2.75) is 17.9 Å². The Morgan fingerprint density at radius 1 is 1.12 bits per heavy atom. The zero-order valence-electron chi connectivity index (χ0n) is 14.8. The third-order valence-corrected chi connectivity index (χ3v) is 4.98. The Bertz CT molecular complexity index is 927. The van der Waals surface area contributed by atoms with Crippen LogP contribution in [0.3, 0.4) is 0 Å². The van der Waals surface area contributed by atoms with E-state index in [2.05, 4.69) is 5.32 Å². The SMILES string of the molecule is COc1ccc(OC)c([C@@H](C)Nc2ccc(S(C)(=O)=O)cc2[N+](=O)[O-])c1. The lowest BCUT2D eigenvalue weighted by molar-refractivity contribution is -0.384. The molecule has 140 valence electrons. The van der Waals surface area contributed by atoms with E-state index in [1.165, 1.54) is 19.2 Å². The van der Waals surface area contributed by atoms with E-state index >= 15 is 0 Å². The maximum absolute atomic E-state index is 11.6. The van der Waals surface area contributed by atoms with Crippen molar-refractivity contribution >= 4 is 21.2 Å². The molecule has 0 aliphatic heterocycles. The number of nitrogens with one attached hydrogen (secondary N) is 1. The molecule has 26 heavy (non-hydrogen) atoms. The van der Waals surface area contributed by atoms with Gasteiger partial charge in [-0.05, 0) is 37.3 Å². The summed E-state index contributed by atoms with van der Waals surface area (Å²) >= 11 is 0. The molecule has 0 saturated carbocycles. The van der Waals surface area contributed by atoms with Gasteiger partial charge in [-0.15, -0.1) is 0 Å². The summed E-state index contributed by atoms with van der Waals surface area (Å²) in [5.74, 6) is 1.22. The van der Waals surface area contributed by atoms with Crippen LogP contribution in [-0.2, 0) is 9.84 Å². The molecule has 0 saturated heterocycles. The molecule has 0 aromatic heterocycles. The Labute approximate surface area is 151 Å². The molecule has 0 fully saturated rings. The molecule has 0 heterocycles. The molecule has 0 aliphatic rings. The third kappa shape index (κ3) is 4.23. The van der Waals surface area contributed by atoms with Crippen LogP contribution in [-0.4, -0.2) is 33.8 Å². The molecule has 0 bridgehead atoms. The first-order valence-corrected chi connectivity index (χ1v) is 9.53. The number of nitrogens with zero attached hydrogens (tertiary/aromatic N) is 1. The summed E-state index contributed by atoms with van der Waals surface area (Å²) in [5.41, 5.74) is 0.634. The van der Waals surface area contributed by atoms with E-state index in [4.69, 9.17) is 9.47 Å². The maximum Gasteiger partial charge on any atom is 0.293 e. The Morgan fingerprint density at radius 3 is 2.35 bits per heavy atom. The molecule has 8 nitrogen and oxygen atoms in total. The van der Waals surface area contributed by atoms with Gasteiger partial charge in [0.15, 0.2) is 9.84 Å². The van der Waals surface area contributed by atoms with Crippen molar-refractivity contribution in [3.05, 3.63) is 52.1 Å². The average Bonchev–Trinajstić information content (AvgIpc) is 2.60. The first-order chi connectivity index (χ1) is 12.2. The second kappa shape index (κ2) is 7.61. The van der Waals surface area contributed by atoms with E-state index in [0.717, 1.165) is 17.9 Å². The number of hydrogen-bond acceptors (Lipinski definition) is 7. The van der Waals surface area contributed by atoms with Gasteiger partial charge in [-0.25, -0.2) is 8.42 Å². The van der Waals surface area contributed by atoms with Crippen molar-refractivity contribution in [2.24, 2.45) is 0 Å². The molecule has 2 aromatic rings. The standard InChI is InChI=1S/C17H20N2O6S/c1-11(14-9-12(24-2)5-8-17(14)25-3)18-15-7-6-13(26(4,22)23)10-16(15)19(20)21/h5-11,18H,1-4H3/t11-/m1/s1. The zero-order chi connectivity index (χ0) is 19.5. The van der Waals surface area contributed by atoms with Gasteiger partial charge >= 0.3 is 0 Å². The number of methoxy groups -OCH3 is 2.